The van der Waals surface area contributed by atoms with E-state index in [2.05, 4.69) is 5.92 Å². The lowest BCUT2D eigenvalue weighted by atomic mass is 10.2. The van der Waals surface area contributed by atoms with Gasteiger partial charge >= 0.3 is 6.09 Å². The number of amides is 1. The van der Waals surface area contributed by atoms with Crippen LogP contribution in [0.3, 0.4) is 0 Å². The Morgan fingerprint density at radius 3 is 2.35 bits per heavy atom. The number of carbonyl (C=O) groups excluding carboxylic acids is 1. The van der Waals surface area contributed by atoms with Crippen molar-refractivity contribution < 1.29 is 9.53 Å². The van der Waals surface area contributed by atoms with Gasteiger partial charge in [-0.3, -0.25) is 0 Å². The van der Waals surface area contributed by atoms with Gasteiger partial charge < -0.3 is 15.4 Å². The molecule has 2 N–H and O–H groups in total. The van der Waals surface area contributed by atoms with Gasteiger partial charge in [0.25, 0.3) is 0 Å². The summed E-state index contributed by atoms with van der Waals surface area (Å²) >= 11 is 0. The van der Waals surface area contributed by atoms with Crippen molar-refractivity contribution in [2.45, 2.75) is 58.7 Å². The molecule has 4 nitrogen and oxygen atoms in total. The van der Waals surface area contributed by atoms with Crippen molar-refractivity contribution in [3.05, 3.63) is 0 Å². The molecule has 0 heterocycles. The lowest BCUT2D eigenvalue weighted by Gasteiger charge is -2.31. The molecule has 1 atom stereocenters. The van der Waals surface area contributed by atoms with Crippen LogP contribution in [0, 0.1) is 12.3 Å². The molecule has 0 aliphatic carbocycles. The highest BCUT2D eigenvalue weighted by Gasteiger charge is 2.25. The number of rotatable bonds is 4. The van der Waals surface area contributed by atoms with Crippen LogP contribution in [0.15, 0.2) is 0 Å². The first kappa shape index (κ1) is 15.8. The molecule has 0 saturated heterocycles. The number of hydrogen-bond donors (Lipinski definition) is 1. The maximum atomic E-state index is 11.9. The highest BCUT2D eigenvalue weighted by molar-refractivity contribution is 5.68. The zero-order valence-electron chi connectivity index (χ0n) is 11.5. The Bertz CT molecular complexity index is 287. The van der Waals surface area contributed by atoms with Gasteiger partial charge in [0.1, 0.15) is 5.60 Å². The molecule has 98 valence electrons. The summed E-state index contributed by atoms with van der Waals surface area (Å²) in [6.45, 7) is 9.77. The smallest absolute Gasteiger partial charge is 0.410 e. The van der Waals surface area contributed by atoms with Crippen LogP contribution >= 0.6 is 0 Å². The van der Waals surface area contributed by atoms with Crippen molar-refractivity contribution in [1.82, 2.24) is 4.90 Å². The van der Waals surface area contributed by atoms with Crippen LogP contribution < -0.4 is 5.73 Å². The van der Waals surface area contributed by atoms with Gasteiger partial charge in [-0.15, -0.1) is 12.3 Å². The topological polar surface area (TPSA) is 55.6 Å². The minimum Gasteiger partial charge on any atom is -0.444 e. The average molecular weight is 240 g/mol. The first-order valence-electron chi connectivity index (χ1n) is 5.86. The van der Waals surface area contributed by atoms with Gasteiger partial charge in [-0.05, 0) is 34.6 Å². The Hall–Kier alpha value is -1.21. The third-order valence-corrected chi connectivity index (χ3v) is 2.06. The Kier molecular flexibility index (Phi) is 6.04. The lowest BCUT2D eigenvalue weighted by molar-refractivity contribution is 0.0179. The van der Waals surface area contributed by atoms with Crippen molar-refractivity contribution >= 4 is 6.09 Å². The molecular formula is C13H24N2O2. The molecule has 0 bridgehead atoms. The van der Waals surface area contributed by atoms with Crippen LogP contribution in [-0.2, 0) is 4.74 Å². The van der Waals surface area contributed by atoms with Gasteiger partial charge in [-0.1, -0.05) is 0 Å². The minimum atomic E-state index is -0.500. The Morgan fingerprint density at radius 1 is 1.47 bits per heavy atom. The summed E-state index contributed by atoms with van der Waals surface area (Å²) in [6, 6.07) is -0.177. The fourth-order valence-electron chi connectivity index (χ4n) is 1.29. The predicted octanol–water partition coefficient (Wildman–Crippen LogP) is 1.98. The van der Waals surface area contributed by atoms with E-state index in [1.165, 1.54) is 0 Å². The van der Waals surface area contributed by atoms with Crippen LogP contribution in [-0.4, -0.2) is 35.2 Å². The van der Waals surface area contributed by atoms with Gasteiger partial charge in [0, 0.05) is 25.0 Å². The van der Waals surface area contributed by atoms with Crippen LogP contribution in [0.2, 0.25) is 0 Å². The van der Waals surface area contributed by atoms with Gasteiger partial charge in [0.15, 0.2) is 0 Å². The van der Waals surface area contributed by atoms with Gasteiger partial charge in [0.05, 0.1) is 0 Å². The second-order valence-electron chi connectivity index (χ2n) is 5.39. The molecule has 0 saturated carbocycles. The van der Waals surface area contributed by atoms with Gasteiger partial charge in [-0.2, -0.15) is 0 Å². The number of carbonyl (C=O) groups is 1. The molecule has 0 aromatic heterocycles. The summed E-state index contributed by atoms with van der Waals surface area (Å²) < 4.78 is 5.32. The number of hydrogen-bond acceptors (Lipinski definition) is 3. The molecular weight excluding hydrogens is 216 g/mol. The third-order valence-electron chi connectivity index (χ3n) is 2.06. The molecule has 0 spiro atoms. The van der Waals surface area contributed by atoms with Crippen LogP contribution in [0.1, 0.15) is 41.0 Å². The summed E-state index contributed by atoms with van der Waals surface area (Å²) in [7, 11) is 0. The Morgan fingerprint density at radius 2 is 2.00 bits per heavy atom. The molecule has 17 heavy (non-hydrogen) atoms. The number of nitrogens with zero attached hydrogens (tertiary/aromatic N) is 1. The third kappa shape index (κ3) is 6.85. The van der Waals surface area contributed by atoms with E-state index < -0.39 is 5.60 Å². The van der Waals surface area contributed by atoms with Gasteiger partial charge in [-0.25, -0.2) is 4.79 Å². The van der Waals surface area contributed by atoms with E-state index in [0.29, 0.717) is 13.0 Å². The molecule has 0 aliphatic heterocycles. The lowest BCUT2D eigenvalue weighted by Crippen LogP contribution is -2.46. The number of terminal acetylenes is 1. The summed E-state index contributed by atoms with van der Waals surface area (Å²) in [5.41, 5.74) is 5.33. The van der Waals surface area contributed by atoms with E-state index in [0.717, 1.165) is 0 Å². The van der Waals surface area contributed by atoms with E-state index in [-0.39, 0.29) is 18.2 Å². The molecule has 0 fully saturated rings. The second kappa shape index (κ2) is 6.51. The summed E-state index contributed by atoms with van der Waals surface area (Å²) in [5.74, 6) is 2.50. The van der Waals surface area contributed by atoms with Crippen molar-refractivity contribution in [2.24, 2.45) is 5.73 Å². The zero-order chi connectivity index (χ0) is 13.6. The largest absolute Gasteiger partial charge is 0.444 e. The summed E-state index contributed by atoms with van der Waals surface area (Å²) in [4.78, 5) is 13.5. The molecule has 0 aromatic rings. The second-order valence-corrected chi connectivity index (χ2v) is 5.39. The van der Waals surface area contributed by atoms with Crippen molar-refractivity contribution in [3.8, 4) is 12.3 Å². The molecule has 1 unspecified atom stereocenters. The van der Waals surface area contributed by atoms with Gasteiger partial charge in [0.2, 0.25) is 0 Å². The molecule has 0 rings (SSSR count). The van der Waals surface area contributed by atoms with Crippen LogP contribution in [0.4, 0.5) is 4.79 Å². The Balaban J connectivity index is 4.54. The highest BCUT2D eigenvalue weighted by atomic mass is 16.6. The first-order chi connectivity index (χ1) is 7.67. The molecule has 1 amide bonds. The van der Waals surface area contributed by atoms with E-state index in [9.17, 15) is 4.79 Å². The molecule has 4 heteroatoms. The molecule has 0 aliphatic rings. The van der Waals surface area contributed by atoms with E-state index in [4.69, 9.17) is 16.9 Å². The maximum absolute atomic E-state index is 11.9. The minimum absolute atomic E-state index is 0.0358. The monoisotopic (exact) mass is 240 g/mol. The number of ether oxygens (including phenoxy) is 1. The van der Waals surface area contributed by atoms with Crippen molar-refractivity contribution in [1.29, 1.82) is 0 Å². The van der Waals surface area contributed by atoms with Crippen LogP contribution in [0.25, 0.3) is 0 Å². The molecule has 0 radical (unpaired) electrons. The Labute approximate surface area is 104 Å². The average Bonchev–Trinajstić information content (AvgIpc) is 2.11. The quantitative estimate of drug-likeness (QED) is 0.764. The maximum Gasteiger partial charge on any atom is 0.410 e. The van der Waals surface area contributed by atoms with Crippen LogP contribution in [0.5, 0.6) is 0 Å². The summed E-state index contributed by atoms with van der Waals surface area (Å²) in [6.07, 6.45) is 5.30. The van der Waals surface area contributed by atoms with Crippen molar-refractivity contribution in [2.75, 3.05) is 6.54 Å². The SMILES string of the molecule is C#CCC(N)CN(C(=O)OC(C)(C)C)C(C)C. The van der Waals surface area contributed by atoms with E-state index in [1.807, 2.05) is 34.6 Å². The molecule has 0 aromatic carbocycles. The van der Waals surface area contributed by atoms with Crippen molar-refractivity contribution in [3.63, 3.8) is 0 Å². The first-order valence-corrected chi connectivity index (χ1v) is 5.86. The highest BCUT2D eigenvalue weighted by Crippen LogP contribution is 2.12. The normalized spacial score (nSPS) is 13.1. The van der Waals surface area contributed by atoms with E-state index in [1.54, 1.807) is 4.90 Å². The predicted molar refractivity (Wildman–Crippen MR) is 69.5 cm³/mol. The standard InChI is InChI=1S/C13H24N2O2/c1-7-8-11(14)9-15(10(2)3)12(16)17-13(4,5)6/h1,10-11H,8-9,14H2,2-6H3. The number of nitrogens with two attached hydrogens (primary N) is 1. The fourth-order valence-corrected chi connectivity index (χ4v) is 1.29. The fraction of sp³-hybridized carbons (Fsp3) is 0.769. The zero-order valence-corrected chi connectivity index (χ0v) is 11.5. The van der Waals surface area contributed by atoms with E-state index >= 15 is 0 Å². The summed E-state index contributed by atoms with van der Waals surface area (Å²) in [5, 5.41) is 0.